The van der Waals surface area contributed by atoms with Gasteiger partial charge in [-0.1, -0.05) is 30.1 Å². The number of amides is 1. The van der Waals surface area contributed by atoms with E-state index in [-0.39, 0.29) is 17.1 Å². The van der Waals surface area contributed by atoms with Crippen molar-refractivity contribution in [1.29, 1.82) is 0 Å². The van der Waals surface area contributed by atoms with E-state index in [4.69, 9.17) is 8.94 Å². The Morgan fingerprint density at radius 3 is 2.57 bits per heavy atom. The summed E-state index contributed by atoms with van der Waals surface area (Å²) in [5, 5.41) is 4.61. The van der Waals surface area contributed by atoms with Crippen LogP contribution in [-0.2, 0) is 0 Å². The van der Waals surface area contributed by atoms with Crippen molar-refractivity contribution < 1.29 is 13.7 Å². The normalized spacial score (nSPS) is 16.8. The zero-order chi connectivity index (χ0) is 23.8. The maximum Gasteiger partial charge on any atom is 0.289 e. The zero-order valence-corrected chi connectivity index (χ0v) is 19.2. The predicted molar refractivity (Wildman–Crippen MR) is 129 cm³/mol. The number of pyridine rings is 1. The summed E-state index contributed by atoms with van der Waals surface area (Å²) in [6.45, 7) is 2.27. The van der Waals surface area contributed by atoms with Crippen LogP contribution >= 0.6 is 0 Å². The third-order valence-corrected chi connectivity index (χ3v) is 6.89. The average molecular weight is 472 g/mol. The van der Waals surface area contributed by atoms with Gasteiger partial charge < -0.3 is 18.7 Å². The number of hydrogen-bond donors (Lipinski definition) is 0. The molecule has 9 heteroatoms. The van der Waals surface area contributed by atoms with Gasteiger partial charge in [-0.25, -0.2) is 4.98 Å². The van der Waals surface area contributed by atoms with Gasteiger partial charge in [0.15, 0.2) is 11.2 Å². The number of anilines is 1. The minimum absolute atomic E-state index is 0.0710. The van der Waals surface area contributed by atoms with E-state index in [1.54, 1.807) is 35.4 Å². The molecule has 9 nitrogen and oxygen atoms in total. The Kier molecular flexibility index (Phi) is 5.52. The van der Waals surface area contributed by atoms with E-state index in [0.717, 1.165) is 30.1 Å². The summed E-state index contributed by atoms with van der Waals surface area (Å²) in [5.74, 6) is 2.30. The molecule has 1 saturated carbocycles. The van der Waals surface area contributed by atoms with E-state index >= 15 is 0 Å². The van der Waals surface area contributed by atoms with Crippen LogP contribution in [0.25, 0.3) is 22.4 Å². The van der Waals surface area contributed by atoms with Crippen LogP contribution in [0.2, 0.25) is 0 Å². The Labute approximate surface area is 201 Å². The summed E-state index contributed by atoms with van der Waals surface area (Å²) < 4.78 is 11.2. The van der Waals surface area contributed by atoms with Gasteiger partial charge in [0.1, 0.15) is 11.4 Å². The molecular weight excluding hydrogens is 446 g/mol. The van der Waals surface area contributed by atoms with Crippen LogP contribution in [-0.4, -0.2) is 52.1 Å². The van der Waals surface area contributed by atoms with Crippen LogP contribution in [0.4, 0.5) is 5.82 Å². The molecule has 4 aromatic rings. The Hall–Kier alpha value is -4.01. The molecule has 4 heterocycles. The van der Waals surface area contributed by atoms with Crippen LogP contribution in [0, 0.1) is 0 Å². The van der Waals surface area contributed by atoms with Crippen LogP contribution in [0.15, 0.2) is 62.4 Å². The van der Waals surface area contributed by atoms with Crippen molar-refractivity contribution >= 4 is 22.7 Å². The van der Waals surface area contributed by atoms with E-state index in [0.29, 0.717) is 48.9 Å². The van der Waals surface area contributed by atoms with Gasteiger partial charge in [0.05, 0.1) is 5.39 Å². The lowest BCUT2D eigenvalue weighted by molar-refractivity contribution is 0.0715. The molecule has 6 rings (SSSR count). The number of carbonyl (C=O) groups is 1. The topological polar surface area (TPSA) is 106 Å². The quantitative estimate of drug-likeness (QED) is 0.442. The molecule has 1 aromatic carbocycles. The summed E-state index contributed by atoms with van der Waals surface area (Å²) in [6.07, 6.45) is 6.42. The first-order valence-electron chi connectivity index (χ1n) is 12.0. The summed E-state index contributed by atoms with van der Waals surface area (Å²) in [7, 11) is 0. The Bertz CT molecular complexity index is 1410. The number of aromatic nitrogens is 3. The van der Waals surface area contributed by atoms with Crippen molar-refractivity contribution in [3.05, 3.63) is 70.5 Å². The highest BCUT2D eigenvalue weighted by Crippen LogP contribution is 2.34. The fourth-order valence-corrected chi connectivity index (χ4v) is 4.90. The first kappa shape index (κ1) is 21.5. The van der Waals surface area contributed by atoms with Gasteiger partial charge in [0.25, 0.3) is 5.91 Å². The molecule has 0 radical (unpaired) electrons. The molecule has 0 N–H and O–H groups in total. The second kappa shape index (κ2) is 8.98. The average Bonchev–Trinajstić information content (AvgIpc) is 3.61. The van der Waals surface area contributed by atoms with Crippen LogP contribution in [0.5, 0.6) is 0 Å². The van der Waals surface area contributed by atoms with Crippen molar-refractivity contribution in [2.24, 2.45) is 0 Å². The lowest BCUT2D eigenvalue weighted by Crippen LogP contribution is -2.49. The fourth-order valence-electron chi connectivity index (χ4n) is 4.90. The molecule has 2 aliphatic rings. The van der Waals surface area contributed by atoms with E-state index in [1.807, 2.05) is 12.1 Å². The summed E-state index contributed by atoms with van der Waals surface area (Å²) >= 11 is 0. The smallest absolute Gasteiger partial charge is 0.289 e. The van der Waals surface area contributed by atoms with Crippen molar-refractivity contribution in [2.45, 2.75) is 31.6 Å². The number of piperazine rings is 1. The van der Waals surface area contributed by atoms with Crippen molar-refractivity contribution in [2.75, 3.05) is 31.1 Å². The maximum atomic E-state index is 13.0. The highest BCUT2D eigenvalue weighted by atomic mass is 16.5. The zero-order valence-electron chi connectivity index (χ0n) is 19.2. The SMILES string of the molecule is O=C(c1cc(=O)c2ccccc2o1)N1CCN(c2ccc(-c3noc(C4CCCC4)n3)cn2)CC1. The third-order valence-electron chi connectivity index (χ3n) is 6.89. The van der Waals surface area contributed by atoms with Gasteiger partial charge >= 0.3 is 0 Å². The summed E-state index contributed by atoms with van der Waals surface area (Å²) in [5.41, 5.74) is 1.03. The molecule has 1 aliphatic carbocycles. The molecule has 3 aromatic heterocycles. The Morgan fingerprint density at radius 2 is 1.80 bits per heavy atom. The second-order valence-corrected chi connectivity index (χ2v) is 9.09. The van der Waals surface area contributed by atoms with Crippen molar-refractivity contribution in [1.82, 2.24) is 20.0 Å². The van der Waals surface area contributed by atoms with Gasteiger partial charge in [-0.2, -0.15) is 4.98 Å². The number of fused-ring (bicyclic) bond motifs is 1. The van der Waals surface area contributed by atoms with Gasteiger partial charge in [-0.15, -0.1) is 0 Å². The van der Waals surface area contributed by atoms with E-state index in [1.165, 1.54) is 18.9 Å². The number of hydrogen-bond acceptors (Lipinski definition) is 8. The summed E-state index contributed by atoms with van der Waals surface area (Å²) in [6, 6.07) is 12.1. The second-order valence-electron chi connectivity index (χ2n) is 9.09. The molecular formula is C26H25N5O4. The first-order chi connectivity index (χ1) is 17.2. The lowest BCUT2D eigenvalue weighted by atomic mass is 10.1. The van der Waals surface area contributed by atoms with Crippen molar-refractivity contribution in [3.63, 3.8) is 0 Å². The maximum absolute atomic E-state index is 13.0. The minimum Gasteiger partial charge on any atom is -0.451 e. The molecule has 1 saturated heterocycles. The molecule has 1 aliphatic heterocycles. The standard InChI is InChI=1S/C26H25N5O4/c32-20-15-22(34-21-8-4-3-7-19(20)21)26(33)31-13-11-30(12-14-31)23-10-9-18(16-27-23)24-28-25(35-29-24)17-5-1-2-6-17/h3-4,7-10,15-17H,1-2,5-6,11-14H2. The molecule has 0 bridgehead atoms. The number of rotatable bonds is 4. The van der Waals surface area contributed by atoms with Gasteiger partial charge in [0.2, 0.25) is 11.7 Å². The summed E-state index contributed by atoms with van der Waals surface area (Å²) in [4.78, 5) is 38.4. The fraction of sp³-hybridized carbons (Fsp3) is 0.346. The van der Waals surface area contributed by atoms with E-state index in [2.05, 4.69) is 20.0 Å². The monoisotopic (exact) mass is 471 g/mol. The minimum atomic E-state index is -0.272. The Morgan fingerprint density at radius 1 is 1.00 bits per heavy atom. The molecule has 0 atom stereocenters. The number of carbonyl (C=O) groups excluding carboxylic acids is 1. The van der Waals surface area contributed by atoms with E-state index in [9.17, 15) is 9.59 Å². The molecule has 2 fully saturated rings. The largest absolute Gasteiger partial charge is 0.451 e. The molecule has 0 unspecified atom stereocenters. The number of benzene rings is 1. The predicted octanol–water partition coefficient (Wildman–Crippen LogP) is 3.86. The highest BCUT2D eigenvalue weighted by molar-refractivity contribution is 5.93. The van der Waals surface area contributed by atoms with Crippen LogP contribution < -0.4 is 10.3 Å². The first-order valence-corrected chi connectivity index (χ1v) is 12.0. The molecule has 178 valence electrons. The van der Waals surface area contributed by atoms with E-state index < -0.39 is 0 Å². The lowest BCUT2D eigenvalue weighted by Gasteiger charge is -2.35. The van der Waals surface area contributed by atoms with Crippen molar-refractivity contribution in [3.8, 4) is 11.4 Å². The molecule has 35 heavy (non-hydrogen) atoms. The van der Waals surface area contributed by atoms with Gasteiger partial charge in [-0.3, -0.25) is 9.59 Å². The molecule has 1 amide bonds. The van der Waals surface area contributed by atoms with Gasteiger partial charge in [-0.05, 0) is 37.1 Å². The van der Waals surface area contributed by atoms with Crippen LogP contribution in [0.3, 0.4) is 0 Å². The van der Waals surface area contributed by atoms with Gasteiger partial charge in [0, 0.05) is 49.9 Å². The number of nitrogens with zero attached hydrogens (tertiary/aromatic N) is 5. The molecule has 0 spiro atoms. The van der Waals surface area contributed by atoms with Crippen LogP contribution in [0.1, 0.15) is 48.0 Å². The Balaban J connectivity index is 1.10. The highest BCUT2D eigenvalue weighted by Gasteiger charge is 2.26. The number of para-hydroxylation sites is 1. The third kappa shape index (κ3) is 4.18.